The second-order valence-corrected chi connectivity index (χ2v) is 16.8. The molecule has 0 amide bonds. The zero-order valence-corrected chi connectivity index (χ0v) is 37.1. The van der Waals surface area contributed by atoms with Crippen molar-refractivity contribution in [3.8, 4) is 78.8 Å². The van der Waals surface area contributed by atoms with Crippen LogP contribution in [0.4, 0.5) is 0 Å². The molecule has 0 fully saturated rings. The van der Waals surface area contributed by atoms with Crippen molar-refractivity contribution in [1.82, 2.24) is 9.97 Å². The van der Waals surface area contributed by atoms with Crippen molar-refractivity contribution >= 4 is 21.9 Å². The van der Waals surface area contributed by atoms with Crippen molar-refractivity contribution in [3.63, 3.8) is 0 Å². The summed E-state index contributed by atoms with van der Waals surface area (Å²) < 4.78 is 6.48. The van der Waals surface area contributed by atoms with E-state index in [1.807, 2.05) is 97.1 Å². The van der Waals surface area contributed by atoms with E-state index in [1.54, 1.807) is 6.07 Å². The topological polar surface area (TPSA) is 79.4 Å². The van der Waals surface area contributed by atoms with E-state index in [0.717, 1.165) is 55.3 Å². The van der Waals surface area contributed by atoms with Crippen LogP contribution in [-0.4, -0.2) is 20.2 Å². The molecule has 3 heterocycles. The number of nitrogens with zero attached hydrogens (tertiary/aromatic N) is 2. The van der Waals surface area contributed by atoms with Crippen molar-refractivity contribution < 1.29 is 35.7 Å². The standard InChI is InChI=1S/C54H46N2O3.Pt/c1-31-15-13-16-32(2)49(31)37-28-44(41-30-48-52(39-19-11-12-22-47(39)59-48)51(53(41)58)35-17-9-8-10-18-35)56-45(29-37)43-21-14-20-42(55-43)40-27-36(23-24-46(40)57)50-33(3)25-38(26-34(50)4)54(5,6)7;/h8-30,57-58H,1-7H3;. The van der Waals surface area contributed by atoms with Gasteiger partial charge in [0.05, 0.1) is 22.8 Å². The van der Waals surface area contributed by atoms with Crippen LogP contribution in [0.5, 0.6) is 11.5 Å². The molecule has 2 N–H and O–H groups in total. The van der Waals surface area contributed by atoms with Crippen LogP contribution in [0.15, 0.2) is 144 Å². The number of hydrogen-bond acceptors (Lipinski definition) is 5. The van der Waals surface area contributed by atoms with Gasteiger partial charge in [-0.2, -0.15) is 0 Å². The van der Waals surface area contributed by atoms with Gasteiger partial charge in [-0.1, -0.05) is 112 Å². The minimum Gasteiger partial charge on any atom is -0.507 e. The number of fused-ring (bicyclic) bond motifs is 3. The van der Waals surface area contributed by atoms with Crippen molar-refractivity contribution in [3.05, 3.63) is 167 Å². The van der Waals surface area contributed by atoms with E-state index in [4.69, 9.17) is 14.4 Å². The summed E-state index contributed by atoms with van der Waals surface area (Å²) in [4.78, 5) is 10.4. The fourth-order valence-corrected chi connectivity index (χ4v) is 8.65. The Morgan fingerprint density at radius 3 is 1.80 bits per heavy atom. The monoisotopic (exact) mass is 965 g/mol. The van der Waals surface area contributed by atoms with Gasteiger partial charge in [0.2, 0.25) is 0 Å². The number of aromatic nitrogens is 2. The molecule has 0 aliphatic carbocycles. The smallest absolute Gasteiger partial charge is 0.137 e. The number of para-hydroxylation sites is 1. The number of pyridine rings is 2. The van der Waals surface area contributed by atoms with Gasteiger partial charge in [0.25, 0.3) is 0 Å². The third kappa shape index (κ3) is 7.22. The van der Waals surface area contributed by atoms with Crippen molar-refractivity contribution in [2.24, 2.45) is 0 Å². The third-order valence-corrected chi connectivity index (χ3v) is 11.5. The number of benzene rings is 6. The first kappa shape index (κ1) is 40.5. The molecule has 0 bridgehead atoms. The minimum absolute atomic E-state index is 0. The summed E-state index contributed by atoms with van der Waals surface area (Å²) >= 11 is 0. The predicted octanol–water partition coefficient (Wildman–Crippen LogP) is 14.3. The second-order valence-electron chi connectivity index (χ2n) is 16.8. The van der Waals surface area contributed by atoms with Crippen molar-refractivity contribution in [2.45, 2.75) is 53.9 Å². The number of aryl methyl sites for hydroxylation is 4. The SMILES string of the molecule is Cc1cccc(C)c1-c1cc(-c2cccc(-c3cc(-c4c(C)cc(C(C)(C)C)cc4C)ccc3O)n2)nc(-c2cc3oc4ccccc4c3c(-c3ccccc3)c2O)c1.[Pt]. The maximum Gasteiger partial charge on any atom is 0.137 e. The predicted molar refractivity (Wildman–Crippen MR) is 243 cm³/mol. The van der Waals surface area contributed by atoms with Gasteiger partial charge in [0.1, 0.15) is 22.7 Å². The largest absolute Gasteiger partial charge is 0.507 e. The zero-order valence-electron chi connectivity index (χ0n) is 34.8. The second kappa shape index (κ2) is 15.7. The molecule has 0 saturated carbocycles. The average Bonchev–Trinajstić information content (AvgIpc) is 3.59. The molecule has 9 aromatic rings. The number of furan rings is 1. The number of aromatic hydroxyl groups is 2. The van der Waals surface area contributed by atoms with Crippen LogP contribution < -0.4 is 0 Å². The van der Waals surface area contributed by atoms with E-state index >= 15 is 0 Å². The molecule has 0 saturated heterocycles. The molecule has 9 rings (SSSR count). The molecule has 6 aromatic carbocycles. The molecule has 5 nitrogen and oxygen atoms in total. The van der Waals surface area contributed by atoms with Gasteiger partial charge in [-0.25, -0.2) is 9.97 Å². The number of rotatable bonds is 6. The molecule has 0 unspecified atom stereocenters. The van der Waals surface area contributed by atoms with Crippen molar-refractivity contribution in [2.75, 3.05) is 0 Å². The Hall–Kier alpha value is -6.29. The summed E-state index contributed by atoms with van der Waals surface area (Å²) in [5.41, 5.74) is 16.8. The van der Waals surface area contributed by atoms with Crippen molar-refractivity contribution in [1.29, 1.82) is 0 Å². The molecular weight excluding hydrogens is 920 g/mol. The molecule has 0 aliphatic rings. The van der Waals surface area contributed by atoms with Gasteiger partial charge >= 0.3 is 0 Å². The fraction of sp³-hybridized carbons (Fsp3) is 0.148. The Morgan fingerprint density at radius 1 is 0.467 bits per heavy atom. The van der Waals surface area contributed by atoms with Crippen LogP contribution in [0.2, 0.25) is 0 Å². The van der Waals surface area contributed by atoms with Gasteiger partial charge in [0, 0.05) is 48.5 Å². The molecule has 60 heavy (non-hydrogen) atoms. The zero-order chi connectivity index (χ0) is 41.2. The molecule has 300 valence electrons. The van der Waals surface area contributed by atoms with E-state index in [2.05, 4.69) is 84.9 Å². The Kier molecular flexibility index (Phi) is 10.6. The minimum atomic E-state index is 0. The Balaban J connectivity index is 0.00000499. The molecule has 0 atom stereocenters. The summed E-state index contributed by atoms with van der Waals surface area (Å²) in [7, 11) is 0. The van der Waals surface area contributed by atoms with E-state index in [-0.39, 0.29) is 38.0 Å². The summed E-state index contributed by atoms with van der Waals surface area (Å²) in [6.07, 6.45) is 0. The quantitative estimate of drug-likeness (QED) is 0.174. The first-order chi connectivity index (χ1) is 28.4. The summed E-state index contributed by atoms with van der Waals surface area (Å²) in [6, 6.07) is 46.3. The van der Waals surface area contributed by atoms with Gasteiger partial charge in [0.15, 0.2) is 0 Å². The molecule has 0 aliphatic heterocycles. The molecular formula is C54H46N2O3Pt. The number of hydrogen-bond donors (Lipinski definition) is 2. The van der Waals surface area contributed by atoms with Crippen LogP contribution in [0.25, 0.3) is 89.2 Å². The maximum absolute atomic E-state index is 12.4. The fourth-order valence-electron chi connectivity index (χ4n) is 8.65. The van der Waals surface area contributed by atoms with Crippen LogP contribution >= 0.6 is 0 Å². The van der Waals surface area contributed by atoms with Gasteiger partial charge in [-0.15, -0.1) is 0 Å². The molecule has 6 heteroatoms. The first-order valence-electron chi connectivity index (χ1n) is 20.1. The molecule has 0 radical (unpaired) electrons. The van der Waals surface area contributed by atoms with Gasteiger partial charge < -0.3 is 14.6 Å². The van der Waals surface area contributed by atoms with Crippen LogP contribution in [-0.2, 0) is 26.5 Å². The normalized spacial score (nSPS) is 11.6. The molecule has 3 aromatic heterocycles. The summed E-state index contributed by atoms with van der Waals surface area (Å²) in [6.45, 7) is 15.2. The van der Waals surface area contributed by atoms with Gasteiger partial charge in [-0.3, -0.25) is 0 Å². The van der Waals surface area contributed by atoms with E-state index < -0.39 is 0 Å². The van der Waals surface area contributed by atoms with Crippen LogP contribution in [0, 0.1) is 27.7 Å². The summed E-state index contributed by atoms with van der Waals surface area (Å²) in [5, 5.41) is 25.5. The Bertz CT molecular complexity index is 3060. The van der Waals surface area contributed by atoms with E-state index in [0.29, 0.717) is 45.0 Å². The average molecular weight is 966 g/mol. The van der Waals surface area contributed by atoms with E-state index in [1.165, 1.54) is 16.7 Å². The number of phenols is 2. The maximum atomic E-state index is 12.4. The number of phenolic OH excluding ortho intramolecular Hbond substituents is 2. The Morgan fingerprint density at radius 2 is 1.08 bits per heavy atom. The summed E-state index contributed by atoms with van der Waals surface area (Å²) in [5.74, 6) is 0.271. The van der Waals surface area contributed by atoms with E-state index in [9.17, 15) is 10.2 Å². The van der Waals surface area contributed by atoms with Crippen LogP contribution in [0.3, 0.4) is 0 Å². The van der Waals surface area contributed by atoms with Crippen LogP contribution in [0.1, 0.15) is 48.6 Å². The Labute approximate surface area is 365 Å². The first-order valence-corrected chi connectivity index (χ1v) is 20.1. The third-order valence-electron chi connectivity index (χ3n) is 11.5. The van der Waals surface area contributed by atoms with Gasteiger partial charge in [-0.05, 0) is 137 Å². The molecule has 0 spiro atoms.